The van der Waals surface area contributed by atoms with Crippen LogP contribution in [-0.4, -0.2) is 37.9 Å². The molecule has 3 N–H and O–H groups in total. The number of nitrogens with two attached hydrogens (primary N) is 1. The Bertz CT molecular complexity index is 1550. The minimum Gasteiger partial charge on any atom is -0.507 e. The minimum atomic E-state index is -0.492. The maximum Gasteiger partial charge on any atom is 0.332 e. The number of nitrogens with zero attached hydrogens (tertiary/aromatic N) is 4. The van der Waals surface area contributed by atoms with E-state index in [-0.39, 0.29) is 17.0 Å². The Morgan fingerprint density at radius 1 is 1.14 bits per heavy atom. The summed E-state index contributed by atoms with van der Waals surface area (Å²) in [5, 5.41) is 11.5. The van der Waals surface area contributed by atoms with Gasteiger partial charge in [-0.1, -0.05) is 17.7 Å². The predicted octanol–water partition coefficient (Wildman–Crippen LogP) is 3.94. The SMILES string of the molecule is Cn1ccn(-c2ccc(-c3cc(F)cc(-c4ccnc(N5CC6CC6(N)C5)c4)c3O)cc2Cl)c1=O. The van der Waals surface area contributed by atoms with Crippen molar-refractivity contribution < 1.29 is 9.50 Å². The number of hydrogen-bond donors (Lipinski definition) is 2. The van der Waals surface area contributed by atoms with Gasteiger partial charge in [0.25, 0.3) is 0 Å². The number of aryl methyl sites for hydroxylation is 1. The molecule has 6 rings (SSSR count). The van der Waals surface area contributed by atoms with Gasteiger partial charge in [0, 0.05) is 55.4 Å². The molecule has 4 aromatic rings. The van der Waals surface area contributed by atoms with E-state index in [1.807, 2.05) is 6.07 Å². The number of rotatable bonds is 4. The van der Waals surface area contributed by atoms with E-state index in [0.29, 0.717) is 38.9 Å². The summed E-state index contributed by atoms with van der Waals surface area (Å²) in [4.78, 5) is 18.9. The Balaban J connectivity index is 1.38. The molecule has 1 aliphatic heterocycles. The first-order chi connectivity index (χ1) is 16.7. The monoisotopic (exact) mass is 491 g/mol. The molecule has 1 saturated heterocycles. The summed E-state index contributed by atoms with van der Waals surface area (Å²) in [6, 6.07) is 11.2. The largest absolute Gasteiger partial charge is 0.507 e. The Kier molecular flexibility index (Phi) is 4.81. The Morgan fingerprint density at radius 3 is 2.51 bits per heavy atom. The smallest absolute Gasteiger partial charge is 0.332 e. The molecule has 0 amide bonds. The van der Waals surface area contributed by atoms with E-state index >= 15 is 0 Å². The highest BCUT2D eigenvalue weighted by Gasteiger charge is 2.57. The fraction of sp³-hybridized carbons (Fsp3) is 0.231. The van der Waals surface area contributed by atoms with Crippen molar-refractivity contribution >= 4 is 17.4 Å². The molecule has 2 fully saturated rings. The molecule has 1 saturated carbocycles. The van der Waals surface area contributed by atoms with Gasteiger partial charge in [-0.2, -0.15) is 0 Å². The molecule has 2 aromatic heterocycles. The third-order valence-corrected chi connectivity index (χ3v) is 7.43. The lowest BCUT2D eigenvalue weighted by Crippen LogP contribution is -2.33. The Labute approximate surface area is 205 Å². The summed E-state index contributed by atoms with van der Waals surface area (Å²) >= 11 is 6.50. The molecule has 2 atom stereocenters. The third-order valence-electron chi connectivity index (χ3n) is 7.13. The van der Waals surface area contributed by atoms with Gasteiger partial charge in [-0.3, -0.25) is 4.57 Å². The van der Waals surface area contributed by atoms with Crippen molar-refractivity contribution in [1.29, 1.82) is 0 Å². The first-order valence-corrected chi connectivity index (χ1v) is 11.7. The van der Waals surface area contributed by atoms with Crippen LogP contribution < -0.4 is 16.3 Å². The molecule has 0 spiro atoms. The molecule has 2 aliphatic rings. The van der Waals surface area contributed by atoms with Gasteiger partial charge in [0.2, 0.25) is 0 Å². The van der Waals surface area contributed by atoms with Crippen LogP contribution in [0.3, 0.4) is 0 Å². The summed E-state index contributed by atoms with van der Waals surface area (Å²) < 4.78 is 17.6. The second-order valence-corrected chi connectivity index (χ2v) is 9.90. The average Bonchev–Trinajstić information content (AvgIpc) is 3.16. The number of fused-ring (bicyclic) bond motifs is 1. The molecule has 7 nitrogen and oxygen atoms in total. The molecular weight excluding hydrogens is 469 g/mol. The normalized spacial score (nSPS) is 20.8. The molecule has 0 bridgehead atoms. The highest BCUT2D eigenvalue weighted by Crippen LogP contribution is 2.48. The standard InChI is InChI=1S/C26H23ClFN5O2/c1-31-6-7-33(25(31)35)22-3-2-15(8-21(22)27)19-10-18(28)11-20(24(19)34)16-4-5-30-23(9-16)32-13-17-12-26(17,29)14-32/h2-11,17,34H,12-14,29H2,1H3. The number of halogens is 2. The van der Waals surface area contributed by atoms with Gasteiger partial charge in [-0.15, -0.1) is 0 Å². The van der Waals surface area contributed by atoms with Crippen LogP contribution in [0.15, 0.2) is 65.8 Å². The summed E-state index contributed by atoms with van der Waals surface area (Å²) in [5.74, 6) is 0.685. The summed E-state index contributed by atoms with van der Waals surface area (Å²) in [6.07, 6.45) is 5.96. The second kappa shape index (κ2) is 7.69. The summed E-state index contributed by atoms with van der Waals surface area (Å²) in [6.45, 7) is 1.59. The lowest BCUT2D eigenvalue weighted by molar-refractivity contribution is 0.477. The highest BCUT2D eigenvalue weighted by atomic mass is 35.5. The summed E-state index contributed by atoms with van der Waals surface area (Å²) in [7, 11) is 1.65. The minimum absolute atomic E-state index is 0.0659. The van der Waals surface area contributed by atoms with Crippen molar-refractivity contribution in [1.82, 2.24) is 14.1 Å². The highest BCUT2D eigenvalue weighted by molar-refractivity contribution is 6.32. The first kappa shape index (κ1) is 21.9. The number of hydrogen-bond acceptors (Lipinski definition) is 5. The molecular formula is C26H23ClFN5O2. The maximum absolute atomic E-state index is 14.8. The van der Waals surface area contributed by atoms with E-state index in [4.69, 9.17) is 17.3 Å². The average molecular weight is 492 g/mol. The number of piperidine rings is 1. The van der Waals surface area contributed by atoms with Crippen LogP contribution >= 0.6 is 11.6 Å². The molecule has 1 aliphatic carbocycles. The fourth-order valence-electron chi connectivity index (χ4n) is 5.02. The van der Waals surface area contributed by atoms with Gasteiger partial charge in [-0.25, -0.2) is 14.2 Å². The van der Waals surface area contributed by atoms with Gasteiger partial charge < -0.3 is 20.3 Å². The number of pyridine rings is 1. The lowest BCUT2D eigenvalue weighted by Gasteiger charge is -2.21. The third kappa shape index (κ3) is 3.61. The van der Waals surface area contributed by atoms with Crippen molar-refractivity contribution in [3.63, 3.8) is 0 Å². The molecule has 3 heterocycles. The van der Waals surface area contributed by atoms with E-state index in [0.717, 1.165) is 25.3 Å². The van der Waals surface area contributed by atoms with Gasteiger partial charge >= 0.3 is 5.69 Å². The van der Waals surface area contributed by atoms with Gasteiger partial charge in [-0.05, 0) is 59.9 Å². The zero-order chi connectivity index (χ0) is 24.5. The number of anilines is 1. The number of phenolic OH excluding ortho intramolecular Hbond substituents is 1. The first-order valence-electron chi connectivity index (χ1n) is 11.3. The molecule has 178 valence electrons. The predicted molar refractivity (Wildman–Crippen MR) is 134 cm³/mol. The number of aromatic nitrogens is 3. The van der Waals surface area contributed by atoms with Crippen molar-refractivity contribution in [2.45, 2.75) is 12.0 Å². The van der Waals surface area contributed by atoms with Gasteiger partial charge in [0.05, 0.1) is 10.7 Å². The summed E-state index contributed by atoms with van der Waals surface area (Å²) in [5.41, 5.74) is 8.31. The molecule has 35 heavy (non-hydrogen) atoms. The van der Waals surface area contributed by atoms with Crippen molar-refractivity contribution in [3.05, 3.63) is 82.4 Å². The Hall–Kier alpha value is -3.62. The van der Waals surface area contributed by atoms with E-state index < -0.39 is 5.82 Å². The van der Waals surface area contributed by atoms with Crippen LogP contribution in [0, 0.1) is 11.7 Å². The van der Waals surface area contributed by atoms with Gasteiger partial charge in [0.15, 0.2) is 0 Å². The fourth-order valence-corrected chi connectivity index (χ4v) is 5.29. The van der Waals surface area contributed by atoms with Crippen molar-refractivity contribution in [3.8, 4) is 33.7 Å². The van der Waals surface area contributed by atoms with Crippen LogP contribution in [-0.2, 0) is 7.05 Å². The Morgan fingerprint density at radius 2 is 1.89 bits per heavy atom. The van der Waals surface area contributed by atoms with Crippen LogP contribution in [0.1, 0.15) is 6.42 Å². The van der Waals surface area contributed by atoms with Crippen LogP contribution in [0.5, 0.6) is 5.75 Å². The lowest BCUT2D eigenvalue weighted by atomic mass is 9.97. The van der Waals surface area contributed by atoms with Crippen molar-refractivity contribution in [2.75, 3.05) is 18.0 Å². The van der Waals surface area contributed by atoms with Gasteiger partial charge in [0.1, 0.15) is 17.4 Å². The number of benzene rings is 2. The van der Waals surface area contributed by atoms with Crippen LogP contribution in [0.4, 0.5) is 10.2 Å². The van der Waals surface area contributed by atoms with E-state index in [1.165, 1.54) is 21.3 Å². The number of phenols is 1. The second-order valence-electron chi connectivity index (χ2n) is 9.49. The molecule has 0 radical (unpaired) electrons. The molecule has 2 unspecified atom stereocenters. The van der Waals surface area contributed by atoms with Crippen LogP contribution in [0.25, 0.3) is 27.9 Å². The quantitative estimate of drug-likeness (QED) is 0.451. The van der Waals surface area contributed by atoms with E-state index in [2.05, 4.69) is 9.88 Å². The maximum atomic E-state index is 14.8. The van der Waals surface area contributed by atoms with Crippen LogP contribution in [0.2, 0.25) is 5.02 Å². The number of aromatic hydroxyl groups is 1. The molecule has 9 heteroatoms. The topological polar surface area (TPSA) is 89.3 Å². The number of imidazole rings is 1. The zero-order valence-corrected chi connectivity index (χ0v) is 19.7. The van der Waals surface area contributed by atoms with Crippen molar-refractivity contribution in [2.24, 2.45) is 18.7 Å². The van der Waals surface area contributed by atoms with E-state index in [1.54, 1.807) is 49.9 Å². The molecule has 2 aromatic carbocycles. The zero-order valence-electron chi connectivity index (χ0n) is 18.9. The van der Waals surface area contributed by atoms with E-state index in [9.17, 15) is 14.3 Å².